The van der Waals surface area contributed by atoms with Gasteiger partial charge in [-0.05, 0) is 24.6 Å². The number of hydrogen-bond acceptors (Lipinski definition) is 1. The molecule has 0 aliphatic rings. The summed E-state index contributed by atoms with van der Waals surface area (Å²) < 4.78 is 15.1. The number of rotatable bonds is 3. The van der Waals surface area contributed by atoms with Crippen LogP contribution in [-0.2, 0) is 4.57 Å². The van der Waals surface area contributed by atoms with Crippen molar-refractivity contribution in [3.63, 3.8) is 0 Å². The SMILES string of the molecule is Cc1ccccc1[P@@](=O)(c1ccccc1)c1ccccc1Br. The molecule has 1 atom stereocenters. The quantitative estimate of drug-likeness (QED) is 0.624. The Labute approximate surface area is 139 Å². The van der Waals surface area contributed by atoms with Gasteiger partial charge in [-0.1, -0.05) is 82.7 Å². The second-order valence-corrected chi connectivity index (χ2v) is 8.74. The molecular formula is C19H16BrOP. The maximum atomic E-state index is 14.2. The molecule has 0 radical (unpaired) electrons. The minimum Gasteiger partial charge on any atom is -0.309 e. The summed E-state index contributed by atoms with van der Waals surface area (Å²) in [5.74, 6) is 0. The van der Waals surface area contributed by atoms with Crippen molar-refractivity contribution in [3.8, 4) is 0 Å². The van der Waals surface area contributed by atoms with Crippen LogP contribution in [0.25, 0.3) is 0 Å². The molecule has 0 fully saturated rings. The molecule has 0 unspecified atom stereocenters. The van der Waals surface area contributed by atoms with Gasteiger partial charge in [0.05, 0.1) is 0 Å². The molecule has 0 aliphatic carbocycles. The summed E-state index contributed by atoms with van der Waals surface area (Å²) in [6.07, 6.45) is 0. The summed E-state index contributed by atoms with van der Waals surface area (Å²) in [6, 6.07) is 25.4. The predicted octanol–water partition coefficient (Wildman–Crippen LogP) is 4.40. The van der Waals surface area contributed by atoms with Gasteiger partial charge in [0.1, 0.15) is 0 Å². The van der Waals surface area contributed by atoms with Crippen molar-refractivity contribution in [2.24, 2.45) is 0 Å². The predicted molar refractivity (Wildman–Crippen MR) is 98.3 cm³/mol. The molecule has 0 aliphatic heterocycles. The summed E-state index contributed by atoms with van der Waals surface area (Å²) in [6.45, 7) is 2.02. The van der Waals surface area contributed by atoms with Crippen molar-refractivity contribution in [1.29, 1.82) is 0 Å². The average Bonchev–Trinajstić information content (AvgIpc) is 2.56. The van der Waals surface area contributed by atoms with Crippen LogP contribution in [0.4, 0.5) is 0 Å². The van der Waals surface area contributed by atoms with Crippen LogP contribution in [0.3, 0.4) is 0 Å². The van der Waals surface area contributed by atoms with Gasteiger partial charge in [-0.15, -0.1) is 0 Å². The Morgan fingerprint density at radius 2 is 1.27 bits per heavy atom. The Bertz CT molecular complexity index is 793. The first-order chi connectivity index (χ1) is 10.6. The highest BCUT2D eigenvalue weighted by Crippen LogP contribution is 2.45. The fourth-order valence-corrected chi connectivity index (χ4v) is 6.65. The van der Waals surface area contributed by atoms with E-state index < -0.39 is 7.14 Å². The molecule has 0 spiro atoms. The van der Waals surface area contributed by atoms with Crippen LogP contribution in [0.15, 0.2) is 83.3 Å². The zero-order chi connectivity index (χ0) is 15.6. The van der Waals surface area contributed by atoms with Crippen LogP contribution in [0.2, 0.25) is 0 Å². The lowest BCUT2D eigenvalue weighted by Crippen LogP contribution is -2.27. The van der Waals surface area contributed by atoms with E-state index in [9.17, 15) is 4.57 Å². The smallest absolute Gasteiger partial charge is 0.172 e. The van der Waals surface area contributed by atoms with E-state index in [1.54, 1.807) is 0 Å². The summed E-state index contributed by atoms with van der Waals surface area (Å²) in [4.78, 5) is 0. The largest absolute Gasteiger partial charge is 0.309 e. The van der Waals surface area contributed by atoms with E-state index in [4.69, 9.17) is 0 Å². The minimum atomic E-state index is -2.90. The normalized spacial score (nSPS) is 13.5. The van der Waals surface area contributed by atoms with Crippen LogP contribution in [0, 0.1) is 6.92 Å². The number of aryl methyl sites for hydroxylation is 1. The van der Waals surface area contributed by atoms with Crippen molar-refractivity contribution in [3.05, 3.63) is 88.9 Å². The Hall–Kier alpha value is -1.63. The second-order valence-electron chi connectivity index (χ2n) is 5.18. The Balaban J connectivity index is 2.37. The van der Waals surface area contributed by atoms with Gasteiger partial charge in [-0.3, -0.25) is 0 Å². The summed E-state index contributed by atoms with van der Waals surface area (Å²) >= 11 is 3.58. The van der Waals surface area contributed by atoms with Gasteiger partial charge in [0.2, 0.25) is 0 Å². The monoisotopic (exact) mass is 370 g/mol. The zero-order valence-corrected chi connectivity index (χ0v) is 14.7. The Kier molecular flexibility index (Phi) is 4.33. The molecule has 1 nitrogen and oxygen atoms in total. The first-order valence-electron chi connectivity index (χ1n) is 7.11. The topological polar surface area (TPSA) is 17.1 Å². The molecule has 22 heavy (non-hydrogen) atoms. The highest BCUT2D eigenvalue weighted by molar-refractivity contribution is 9.10. The average molecular weight is 371 g/mol. The van der Waals surface area contributed by atoms with Gasteiger partial charge >= 0.3 is 0 Å². The maximum absolute atomic E-state index is 14.2. The molecule has 0 saturated carbocycles. The highest BCUT2D eigenvalue weighted by Gasteiger charge is 2.32. The molecule has 0 aromatic heterocycles. The van der Waals surface area contributed by atoms with Gasteiger partial charge in [-0.2, -0.15) is 0 Å². The molecular weight excluding hydrogens is 355 g/mol. The van der Waals surface area contributed by atoms with Crippen molar-refractivity contribution in [2.75, 3.05) is 0 Å². The molecule has 3 aromatic rings. The fourth-order valence-electron chi connectivity index (χ4n) is 2.67. The van der Waals surface area contributed by atoms with Crippen molar-refractivity contribution in [1.82, 2.24) is 0 Å². The Morgan fingerprint density at radius 1 is 0.727 bits per heavy atom. The molecule has 0 amide bonds. The van der Waals surface area contributed by atoms with Crippen molar-refractivity contribution < 1.29 is 4.57 Å². The van der Waals surface area contributed by atoms with Crippen LogP contribution in [0.5, 0.6) is 0 Å². The third-order valence-corrected chi connectivity index (χ3v) is 8.04. The van der Waals surface area contributed by atoms with Crippen LogP contribution in [0.1, 0.15) is 5.56 Å². The van der Waals surface area contributed by atoms with E-state index in [1.165, 1.54) is 0 Å². The van der Waals surface area contributed by atoms with Gasteiger partial charge in [0.15, 0.2) is 7.14 Å². The minimum absolute atomic E-state index is 0.843. The summed E-state index contributed by atoms with van der Waals surface area (Å²) in [5, 5.41) is 2.60. The van der Waals surface area contributed by atoms with Crippen LogP contribution >= 0.6 is 23.1 Å². The van der Waals surface area contributed by atoms with Crippen molar-refractivity contribution in [2.45, 2.75) is 6.92 Å². The molecule has 3 rings (SSSR count). The number of halogens is 1. The molecule has 0 bridgehead atoms. The van der Waals surface area contributed by atoms with Gasteiger partial charge in [0.25, 0.3) is 0 Å². The molecule has 0 heterocycles. The standard InChI is InChI=1S/C19H16BrOP/c1-15-9-5-7-13-18(15)22(21,16-10-3-2-4-11-16)19-14-8-6-12-17(19)20/h2-14H,1H3/t22-/m0/s1. The van der Waals surface area contributed by atoms with Gasteiger partial charge in [0, 0.05) is 20.4 Å². The van der Waals surface area contributed by atoms with E-state index in [1.807, 2.05) is 85.8 Å². The summed E-state index contributed by atoms with van der Waals surface area (Å²) in [5.41, 5.74) is 1.05. The van der Waals surface area contributed by atoms with Crippen LogP contribution in [-0.4, -0.2) is 0 Å². The highest BCUT2D eigenvalue weighted by atomic mass is 79.9. The maximum Gasteiger partial charge on any atom is 0.172 e. The molecule has 0 saturated heterocycles. The lowest BCUT2D eigenvalue weighted by atomic mass is 10.2. The van der Waals surface area contributed by atoms with E-state index >= 15 is 0 Å². The lowest BCUT2D eigenvalue weighted by Gasteiger charge is -2.22. The summed E-state index contributed by atoms with van der Waals surface area (Å²) in [7, 11) is -2.90. The fraction of sp³-hybridized carbons (Fsp3) is 0.0526. The lowest BCUT2D eigenvalue weighted by molar-refractivity contribution is 0.592. The molecule has 3 aromatic carbocycles. The third kappa shape index (κ3) is 2.58. The second kappa shape index (κ2) is 6.24. The number of hydrogen-bond donors (Lipinski definition) is 0. The van der Waals surface area contributed by atoms with E-state index in [0.717, 1.165) is 25.9 Å². The first kappa shape index (κ1) is 15.3. The molecule has 110 valence electrons. The van der Waals surface area contributed by atoms with Gasteiger partial charge in [-0.25, -0.2) is 0 Å². The molecule has 0 N–H and O–H groups in total. The van der Waals surface area contributed by atoms with Crippen molar-refractivity contribution >= 4 is 39.0 Å². The van der Waals surface area contributed by atoms with Gasteiger partial charge < -0.3 is 4.57 Å². The molecule has 3 heteroatoms. The Morgan fingerprint density at radius 3 is 1.91 bits per heavy atom. The third-order valence-electron chi connectivity index (χ3n) is 3.77. The first-order valence-corrected chi connectivity index (χ1v) is 9.61. The van der Waals surface area contributed by atoms with E-state index in [2.05, 4.69) is 15.9 Å². The zero-order valence-electron chi connectivity index (χ0n) is 12.2. The van der Waals surface area contributed by atoms with E-state index in [-0.39, 0.29) is 0 Å². The van der Waals surface area contributed by atoms with E-state index in [0.29, 0.717) is 0 Å². The van der Waals surface area contributed by atoms with Crippen LogP contribution < -0.4 is 15.9 Å². The number of benzene rings is 3.